The normalized spacial score (nSPS) is 14.5. The molecule has 13 heavy (non-hydrogen) atoms. The Bertz CT molecular complexity index is 360. The number of carbonyl (C=O) groups is 2. The summed E-state index contributed by atoms with van der Waals surface area (Å²) in [4.78, 5) is 23.2. The number of fused-ring (bicyclic) bond motifs is 1. The molecule has 0 aliphatic carbocycles. The predicted octanol–water partition coefficient (Wildman–Crippen LogP) is 0.775. The highest BCUT2D eigenvalue weighted by molar-refractivity contribution is 6.03. The first-order valence-corrected chi connectivity index (χ1v) is 4.15. The first-order valence-electron chi connectivity index (χ1n) is 4.15. The summed E-state index contributed by atoms with van der Waals surface area (Å²) in [5, 5.41) is 0. The molecular formula is C10H9NO2. The van der Waals surface area contributed by atoms with Crippen molar-refractivity contribution in [1.82, 2.24) is 0 Å². The van der Waals surface area contributed by atoms with Crippen LogP contribution in [0, 0.1) is 0 Å². The van der Waals surface area contributed by atoms with Crippen LogP contribution in [0.25, 0.3) is 0 Å². The SMILES string of the molecule is O=CCN1C(=O)Cc2ccccc21. The zero-order valence-electron chi connectivity index (χ0n) is 7.06. The number of hydrogen-bond acceptors (Lipinski definition) is 2. The Kier molecular flexibility index (Phi) is 1.85. The van der Waals surface area contributed by atoms with Crippen LogP contribution >= 0.6 is 0 Å². The van der Waals surface area contributed by atoms with E-state index in [0.29, 0.717) is 6.42 Å². The minimum absolute atomic E-state index is 0.00769. The van der Waals surface area contributed by atoms with E-state index in [9.17, 15) is 9.59 Å². The molecule has 1 aliphatic heterocycles. The molecule has 0 atom stereocenters. The number of aldehydes is 1. The minimum atomic E-state index is 0.00769. The fraction of sp³-hybridized carbons (Fsp3) is 0.200. The van der Waals surface area contributed by atoms with Gasteiger partial charge in [-0.25, -0.2) is 0 Å². The van der Waals surface area contributed by atoms with Crippen LogP contribution in [0.3, 0.4) is 0 Å². The maximum absolute atomic E-state index is 11.4. The average molecular weight is 175 g/mol. The molecule has 0 saturated heterocycles. The lowest BCUT2D eigenvalue weighted by Gasteiger charge is -2.12. The summed E-state index contributed by atoms with van der Waals surface area (Å²) in [5.74, 6) is 0.00769. The lowest BCUT2D eigenvalue weighted by atomic mass is 10.2. The summed E-state index contributed by atoms with van der Waals surface area (Å²) in [6.45, 7) is 0.163. The third-order valence-corrected chi connectivity index (χ3v) is 2.18. The van der Waals surface area contributed by atoms with Crippen molar-refractivity contribution in [3.8, 4) is 0 Å². The van der Waals surface area contributed by atoms with Gasteiger partial charge in [0.15, 0.2) is 0 Å². The molecule has 1 aromatic rings. The van der Waals surface area contributed by atoms with E-state index in [1.807, 2.05) is 24.3 Å². The van der Waals surface area contributed by atoms with E-state index in [2.05, 4.69) is 0 Å². The van der Waals surface area contributed by atoms with E-state index in [1.165, 1.54) is 4.90 Å². The third-order valence-electron chi connectivity index (χ3n) is 2.18. The average Bonchev–Trinajstić information content (AvgIpc) is 2.44. The number of hydrogen-bond donors (Lipinski definition) is 0. The van der Waals surface area contributed by atoms with Crippen LogP contribution in [0.5, 0.6) is 0 Å². The maximum atomic E-state index is 11.4. The molecule has 0 spiro atoms. The van der Waals surface area contributed by atoms with Gasteiger partial charge in [0.2, 0.25) is 5.91 Å². The van der Waals surface area contributed by atoms with E-state index in [-0.39, 0.29) is 12.5 Å². The number of nitrogens with zero attached hydrogens (tertiary/aromatic N) is 1. The smallest absolute Gasteiger partial charge is 0.231 e. The van der Waals surface area contributed by atoms with Crippen LogP contribution in [-0.2, 0) is 16.0 Å². The van der Waals surface area contributed by atoms with Crippen LogP contribution in [0.2, 0.25) is 0 Å². The number of carbonyl (C=O) groups excluding carboxylic acids is 2. The van der Waals surface area contributed by atoms with Gasteiger partial charge in [0.05, 0.1) is 13.0 Å². The molecule has 3 heteroatoms. The van der Waals surface area contributed by atoms with E-state index < -0.39 is 0 Å². The number of amides is 1. The molecule has 0 unspecified atom stereocenters. The topological polar surface area (TPSA) is 37.4 Å². The fourth-order valence-corrected chi connectivity index (χ4v) is 1.59. The van der Waals surface area contributed by atoms with Gasteiger partial charge in [-0.2, -0.15) is 0 Å². The highest BCUT2D eigenvalue weighted by atomic mass is 16.2. The quantitative estimate of drug-likeness (QED) is 0.623. The Morgan fingerprint density at radius 1 is 1.38 bits per heavy atom. The second-order valence-electron chi connectivity index (χ2n) is 2.98. The second-order valence-corrected chi connectivity index (χ2v) is 2.98. The molecular weight excluding hydrogens is 166 g/mol. The highest BCUT2D eigenvalue weighted by Crippen LogP contribution is 2.27. The summed E-state index contributed by atoms with van der Waals surface area (Å²) >= 11 is 0. The van der Waals surface area contributed by atoms with Gasteiger partial charge in [-0.1, -0.05) is 18.2 Å². The Labute approximate surface area is 76.0 Å². The van der Waals surface area contributed by atoms with Crippen molar-refractivity contribution in [1.29, 1.82) is 0 Å². The van der Waals surface area contributed by atoms with Gasteiger partial charge in [-0.15, -0.1) is 0 Å². The summed E-state index contributed by atoms with van der Waals surface area (Å²) in [5.41, 5.74) is 1.88. The Morgan fingerprint density at radius 3 is 2.92 bits per heavy atom. The van der Waals surface area contributed by atoms with E-state index in [4.69, 9.17) is 0 Å². The number of rotatable bonds is 2. The first kappa shape index (κ1) is 7.98. The lowest BCUT2D eigenvalue weighted by Crippen LogP contribution is -2.28. The monoisotopic (exact) mass is 175 g/mol. The largest absolute Gasteiger partial charge is 0.305 e. The number of anilines is 1. The Morgan fingerprint density at radius 2 is 2.15 bits per heavy atom. The van der Waals surface area contributed by atoms with Gasteiger partial charge in [-0.05, 0) is 11.6 Å². The van der Waals surface area contributed by atoms with Gasteiger partial charge in [0.1, 0.15) is 6.29 Å². The Hall–Kier alpha value is -1.64. The fourth-order valence-electron chi connectivity index (χ4n) is 1.59. The summed E-state index contributed by atoms with van der Waals surface area (Å²) in [6.07, 6.45) is 1.17. The van der Waals surface area contributed by atoms with E-state index in [0.717, 1.165) is 17.5 Å². The molecule has 1 heterocycles. The maximum Gasteiger partial charge on any atom is 0.231 e. The second kappa shape index (κ2) is 3.01. The molecule has 1 amide bonds. The standard InChI is InChI=1S/C10H9NO2/c12-6-5-11-9-4-2-1-3-8(9)7-10(11)13/h1-4,6H,5,7H2. The van der Waals surface area contributed by atoms with E-state index >= 15 is 0 Å². The molecule has 66 valence electrons. The molecule has 1 aromatic carbocycles. The van der Waals surface area contributed by atoms with Crippen molar-refractivity contribution < 1.29 is 9.59 Å². The lowest BCUT2D eigenvalue weighted by molar-refractivity contribution is -0.118. The molecule has 0 N–H and O–H groups in total. The molecule has 0 fully saturated rings. The van der Waals surface area contributed by atoms with Gasteiger partial charge in [0.25, 0.3) is 0 Å². The Balaban J connectivity index is 2.40. The number of benzene rings is 1. The van der Waals surface area contributed by atoms with Crippen LogP contribution < -0.4 is 4.90 Å². The number of para-hydroxylation sites is 1. The molecule has 1 aliphatic rings. The van der Waals surface area contributed by atoms with Gasteiger partial charge < -0.3 is 9.69 Å². The van der Waals surface area contributed by atoms with Crippen molar-refractivity contribution in [2.24, 2.45) is 0 Å². The van der Waals surface area contributed by atoms with Crippen molar-refractivity contribution in [2.45, 2.75) is 6.42 Å². The summed E-state index contributed by atoms with van der Waals surface area (Å²) in [7, 11) is 0. The molecule has 0 radical (unpaired) electrons. The summed E-state index contributed by atoms with van der Waals surface area (Å²) < 4.78 is 0. The van der Waals surface area contributed by atoms with Gasteiger partial charge in [-0.3, -0.25) is 4.79 Å². The molecule has 0 bridgehead atoms. The van der Waals surface area contributed by atoms with E-state index in [1.54, 1.807) is 0 Å². The molecule has 0 aromatic heterocycles. The van der Waals surface area contributed by atoms with Crippen molar-refractivity contribution in [2.75, 3.05) is 11.4 Å². The van der Waals surface area contributed by atoms with Crippen molar-refractivity contribution >= 4 is 17.9 Å². The van der Waals surface area contributed by atoms with Crippen LogP contribution in [0.15, 0.2) is 24.3 Å². The van der Waals surface area contributed by atoms with Crippen LogP contribution in [0.1, 0.15) is 5.56 Å². The predicted molar refractivity (Wildman–Crippen MR) is 48.6 cm³/mol. The summed E-state index contributed by atoms with van der Waals surface area (Å²) in [6, 6.07) is 7.55. The van der Waals surface area contributed by atoms with Gasteiger partial charge in [0, 0.05) is 5.69 Å². The highest BCUT2D eigenvalue weighted by Gasteiger charge is 2.25. The van der Waals surface area contributed by atoms with Crippen LogP contribution in [0.4, 0.5) is 5.69 Å². The van der Waals surface area contributed by atoms with Gasteiger partial charge >= 0.3 is 0 Å². The molecule has 0 saturated carbocycles. The molecule has 3 nitrogen and oxygen atoms in total. The van der Waals surface area contributed by atoms with Crippen LogP contribution in [-0.4, -0.2) is 18.7 Å². The first-order chi connectivity index (χ1) is 6.33. The van der Waals surface area contributed by atoms with Crippen molar-refractivity contribution in [3.63, 3.8) is 0 Å². The molecule has 2 rings (SSSR count). The minimum Gasteiger partial charge on any atom is -0.305 e. The zero-order valence-corrected chi connectivity index (χ0v) is 7.06. The zero-order chi connectivity index (χ0) is 9.26. The third kappa shape index (κ3) is 1.22. The van der Waals surface area contributed by atoms with Crippen molar-refractivity contribution in [3.05, 3.63) is 29.8 Å².